The monoisotopic (exact) mass is 378 g/mol. The summed E-state index contributed by atoms with van der Waals surface area (Å²) in [5.41, 5.74) is 2.76. The molecule has 1 aliphatic heterocycles. The minimum Gasteiger partial charge on any atom is -0.340 e. The molecule has 3 heterocycles. The van der Waals surface area contributed by atoms with Gasteiger partial charge in [0, 0.05) is 60.0 Å². The summed E-state index contributed by atoms with van der Waals surface area (Å²) < 4.78 is 1.93. The summed E-state index contributed by atoms with van der Waals surface area (Å²) in [5, 5.41) is 8.01. The van der Waals surface area contributed by atoms with E-state index < -0.39 is 0 Å². The number of para-hydroxylation sites is 1. The summed E-state index contributed by atoms with van der Waals surface area (Å²) in [5.74, 6) is 0.546. The van der Waals surface area contributed by atoms with Gasteiger partial charge in [-0.3, -0.25) is 14.7 Å². The second-order valence-corrected chi connectivity index (χ2v) is 7.55. The van der Waals surface area contributed by atoms with Gasteiger partial charge in [-0.15, -0.1) is 0 Å². The molecule has 0 unspecified atom stereocenters. The molecular weight excluding hydrogens is 352 g/mol. The maximum absolute atomic E-state index is 13.0. The van der Waals surface area contributed by atoms with Crippen LogP contribution in [0.3, 0.4) is 0 Å². The van der Waals surface area contributed by atoms with Crippen molar-refractivity contribution in [1.29, 1.82) is 0 Å². The van der Waals surface area contributed by atoms with E-state index in [-0.39, 0.29) is 18.2 Å². The first-order valence-electron chi connectivity index (χ1n) is 10.1. The van der Waals surface area contributed by atoms with Gasteiger partial charge < -0.3 is 9.47 Å². The summed E-state index contributed by atoms with van der Waals surface area (Å²) in [6.07, 6.45) is 7.02. The Hall–Kier alpha value is -2.89. The van der Waals surface area contributed by atoms with Crippen molar-refractivity contribution >= 4 is 22.6 Å². The molecule has 1 fully saturated rings. The normalized spacial score (nSPS) is 17.2. The zero-order valence-electron chi connectivity index (χ0n) is 16.2. The Labute approximate surface area is 164 Å². The lowest BCUT2D eigenvalue weighted by Gasteiger charge is -2.32. The number of H-pyrrole nitrogens is 1. The smallest absolute Gasteiger partial charge is 0.242 e. The number of nitrogens with one attached hydrogen (secondary N) is 1. The highest BCUT2D eigenvalue weighted by Crippen LogP contribution is 2.27. The number of carbonyl (C=O) groups excluding carboxylic acids is 2. The Bertz CT molecular complexity index is 974. The number of likely N-dealkylation sites (tertiary alicyclic amines) is 1. The number of hydrogen-bond donors (Lipinski definition) is 1. The summed E-state index contributed by atoms with van der Waals surface area (Å²) in [7, 11) is 0. The molecule has 0 radical (unpaired) electrons. The van der Waals surface area contributed by atoms with Gasteiger partial charge in [-0.25, -0.2) is 0 Å². The first-order chi connectivity index (χ1) is 13.7. The van der Waals surface area contributed by atoms with Crippen LogP contribution in [0.1, 0.15) is 54.6 Å². The fourth-order valence-electron chi connectivity index (χ4n) is 4.16. The minimum absolute atomic E-state index is 0.0967. The molecule has 4 rings (SSSR count). The number of amides is 1. The standard InChI is InChI=1S/C22H26N4O2/c1-2-6-21(27)18-14-26(20-9-4-3-8-17(18)20)15-22(28)25-12-5-7-16(13-25)19-10-11-23-24-19/h3-4,8-11,14,16H,2,5-7,12-13,15H2,1H3,(H,23,24)/t16-/m1/s1. The first kappa shape index (κ1) is 18.5. The number of Topliss-reactive ketones (excluding diaryl/α,β-unsaturated/α-hetero) is 1. The third-order valence-electron chi connectivity index (χ3n) is 5.61. The van der Waals surface area contributed by atoms with E-state index in [4.69, 9.17) is 0 Å². The van der Waals surface area contributed by atoms with Crippen LogP contribution in [0.2, 0.25) is 0 Å². The molecule has 0 saturated carbocycles. The fourth-order valence-corrected chi connectivity index (χ4v) is 4.16. The Kier molecular flexibility index (Phi) is 5.28. The van der Waals surface area contributed by atoms with E-state index in [1.54, 1.807) is 6.20 Å². The van der Waals surface area contributed by atoms with Gasteiger partial charge >= 0.3 is 0 Å². The first-order valence-corrected chi connectivity index (χ1v) is 10.1. The number of carbonyl (C=O) groups is 2. The Morgan fingerprint density at radius 3 is 2.89 bits per heavy atom. The summed E-state index contributed by atoms with van der Waals surface area (Å²) in [6, 6.07) is 9.83. The number of ketones is 1. The average molecular weight is 378 g/mol. The summed E-state index contributed by atoms with van der Waals surface area (Å²) >= 11 is 0. The highest BCUT2D eigenvalue weighted by Gasteiger charge is 2.26. The van der Waals surface area contributed by atoms with Crippen molar-refractivity contribution < 1.29 is 9.59 Å². The van der Waals surface area contributed by atoms with Gasteiger partial charge in [-0.1, -0.05) is 25.1 Å². The Balaban J connectivity index is 1.54. The van der Waals surface area contributed by atoms with Crippen LogP contribution < -0.4 is 0 Å². The second kappa shape index (κ2) is 8.00. The molecule has 0 spiro atoms. The van der Waals surface area contributed by atoms with Crippen molar-refractivity contribution in [3.63, 3.8) is 0 Å². The zero-order chi connectivity index (χ0) is 19.5. The van der Waals surface area contributed by atoms with Crippen LogP contribution in [0.4, 0.5) is 0 Å². The van der Waals surface area contributed by atoms with Crippen LogP contribution in [0.15, 0.2) is 42.7 Å². The van der Waals surface area contributed by atoms with E-state index in [0.29, 0.717) is 18.9 Å². The molecule has 1 saturated heterocycles. The van der Waals surface area contributed by atoms with Crippen molar-refractivity contribution in [2.24, 2.45) is 0 Å². The lowest BCUT2D eigenvalue weighted by atomic mass is 9.95. The molecule has 28 heavy (non-hydrogen) atoms. The van der Waals surface area contributed by atoms with E-state index in [9.17, 15) is 9.59 Å². The number of nitrogens with zero attached hydrogens (tertiary/aromatic N) is 3. The second-order valence-electron chi connectivity index (χ2n) is 7.55. The highest BCUT2D eigenvalue weighted by molar-refractivity contribution is 6.08. The van der Waals surface area contributed by atoms with Crippen LogP contribution in [0.25, 0.3) is 10.9 Å². The largest absolute Gasteiger partial charge is 0.340 e. The number of benzene rings is 1. The zero-order valence-corrected chi connectivity index (χ0v) is 16.2. The Morgan fingerprint density at radius 2 is 2.11 bits per heavy atom. The molecule has 0 bridgehead atoms. The molecule has 6 heteroatoms. The summed E-state index contributed by atoms with van der Waals surface area (Å²) in [6.45, 7) is 3.76. The summed E-state index contributed by atoms with van der Waals surface area (Å²) in [4.78, 5) is 27.5. The number of piperidine rings is 1. The number of aromatic nitrogens is 3. The number of hydrogen-bond acceptors (Lipinski definition) is 3. The van der Waals surface area contributed by atoms with Gasteiger partial charge in [-0.2, -0.15) is 5.10 Å². The lowest BCUT2D eigenvalue weighted by molar-refractivity contribution is -0.133. The van der Waals surface area contributed by atoms with Gasteiger partial charge in [0.25, 0.3) is 0 Å². The van der Waals surface area contributed by atoms with Crippen LogP contribution in [0, 0.1) is 0 Å². The van der Waals surface area contributed by atoms with Crippen molar-refractivity contribution in [3.05, 3.63) is 54.0 Å². The number of rotatable bonds is 6. The van der Waals surface area contributed by atoms with E-state index in [2.05, 4.69) is 10.2 Å². The van der Waals surface area contributed by atoms with E-state index in [0.717, 1.165) is 48.0 Å². The predicted octanol–water partition coefficient (Wildman–Crippen LogP) is 3.75. The molecule has 2 aromatic heterocycles. The SMILES string of the molecule is CCCC(=O)c1cn(CC(=O)N2CCC[C@@H](c3ccn[nH]3)C2)c2ccccc12. The third kappa shape index (κ3) is 3.59. The van der Waals surface area contributed by atoms with Gasteiger partial charge in [0.1, 0.15) is 6.54 Å². The number of fused-ring (bicyclic) bond motifs is 1. The maximum Gasteiger partial charge on any atom is 0.242 e. The van der Waals surface area contributed by atoms with Gasteiger partial charge in [0.2, 0.25) is 5.91 Å². The molecule has 1 amide bonds. The lowest BCUT2D eigenvalue weighted by Crippen LogP contribution is -2.40. The fraction of sp³-hybridized carbons (Fsp3) is 0.409. The van der Waals surface area contributed by atoms with Gasteiger partial charge in [-0.05, 0) is 31.4 Å². The third-order valence-corrected chi connectivity index (χ3v) is 5.61. The van der Waals surface area contributed by atoms with E-state index in [1.807, 2.05) is 52.9 Å². The highest BCUT2D eigenvalue weighted by atomic mass is 16.2. The molecular formula is C22H26N4O2. The van der Waals surface area contributed by atoms with Gasteiger partial charge in [0.15, 0.2) is 5.78 Å². The Morgan fingerprint density at radius 1 is 1.25 bits per heavy atom. The molecule has 1 aromatic carbocycles. The molecule has 0 aliphatic carbocycles. The molecule has 1 aliphatic rings. The molecule has 146 valence electrons. The average Bonchev–Trinajstić information content (AvgIpc) is 3.37. The van der Waals surface area contributed by atoms with E-state index >= 15 is 0 Å². The number of aromatic amines is 1. The molecule has 6 nitrogen and oxygen atoms in total. The van der Waals surface area contributed by atoms with Gasteiger partial charge in [0.05, 0.1) is 0 Å². The van der Waals surface area contributed by atoms with Crippen molar-refractivity contribution in [2.75, 3.05) is 13.1 Å². The van der Waals surface area contributed by atoms with Crippen molar-refractivity contribution in [1.82, 2.24) is 19.7 Å². The van der Waals surface area contributed by atoms with Crippen LogP contribution in [0.5, 0.6) is 0 Å². The minimum atomic E-state index is 0.0967. The maximum atomic E-state index is 13.0. The predicted molar refractivity (Wildman–Crippen MR) is 108 cm³/mol. The van der Waals surface area contributed by atoms with Crippen molar-refractivity contribution in [2.45, 2.75) is 45.1 Å². The van der Waals surface area contributed by atoms with Crippen LogP contribution >= 0.6 is 0 Å². The topological polar surface area (TPSA) is 71.0 Å². The molecule has 1 atom stereocenters. The molecule has 3 aromatic rings. The van der Waals surface area contributed by atoms with E-state index in [1.165, 1.54) is 0 Å². The molecule has 1 N–H and O–H groups in total. The van der Waals surface area contributed by atoms with Crippen LogP contribution in [-0.2, 0) is 11.3 Å². The quantitative estimate of drug-likeness (QED) is 0.664. The van der Waals surface area contributed by atoms with Crippen molar-refractivity contribution in [3.8, 4) is 0 Å². The van der Waals surface area contributed by atoms with Crippen LogP contribution in [-0.4, -0.2) is 44.4 Å².